The number of aromatic amines is 1. The van der Waals surface area contributed by atoms with Gasteiger partial charge in [-0.3, -0.25) is 5.10 Å². The molecule has 1 N–H and O–H groups in total. The fraction of sp³-hybridized carbons (Fsp3) is 0.391. The van der Waals surface area contributed by atoms with E-state index in [0.29, 0.717) is 12.5 Å². The van der Waals surface area contributed by atoms with Crippen molar-refractivity contribution in [3.63, 3.8) is 0 Å². The molecule has 1 fully saturated rings. The van der Waals surface area contributed by atoms with Gasteiger partial charge in [-0.25, -0.2) is 9.97 Å². The Morgan fingerprint density at radius 2 is 1.91 bits per heavy atom. The second-order valence-electron chi connectivity index (χ2n) is 8.27. The van der Waals surface area contributed by atoms with Gasteiger partial charge in [0.1, 0.15) is 23.1 Å². The predicted octanol–water partition coefficient (Wildman–Crippen LogP) is 4.07. The van der Waals surface area contributed by atoms with Crippen molar-refractivity contribution in [3.05, 3.63) is 47.4 Å². The zero-order valence-corrected chi connectivity index (χ0v) is 19.4. The minimum Gasteiger partial charge on any atom is -0.377 e. The molecule has 0 unspecified atom stereocenters. The molecule has 9 heteroatoms. The van der Waals surface area contributed by atoms with Crippen LogP contribution in [0.5, 0.6) is 0 Å². The molecule has 0 aliphatic carbocycles. The van der Waals surface area contributed by atoms with Gasteiger partial charge in [-0.2, -0.15) is 4.98 Å². The summed E-state index contributed by atoms with van der Waals surface area (Å²) in [5.41, 5.74) is 2.38. The van der Waals surface area contributed by atoms with Crippen molar-refractivity contribution in [1.82, 2.24) is 25.1 Å². The lowest BCUT2D eigenvalue weighted by molar-refractivity contribution is 0.178. The first-order valence-electron chi connectivity index (χ1n) is 10.8. The molecule has 0 atom stereocenters. The van der Waals surface area contributed by atoms with Crippen molar-refractivity contribution < 1.29 is 4.74 Å². The van der Waals surface area contributed by atoms with Gasteiger partial charge >= 0.3 is 0 Å². The van der Waals surface area contributed by atoms with Crippen LogP contribution < -0.4 is 9.80 Å². The molecule has 0 bridgehead atoms. The zero-order valence-electron chi connectivity index (χ0n) is 18.6. The molecule has 32 heavy (non-hydrogen) atoms. The molecule has 1 saturated heterocycles. The van der Waals surface area contributed by atoms with Crippen LogP contribution in [0.25, 0.3) is 21.3 Å². The van der Waals surface area contributed by atoms with Crippen LogP contribution in [0, 0.1) is 0 Å². The van der Waals surface area contributed by atoms with Gasteiger partial charge in [0, 0.05) is 51.2 Å². The van der Waals surface area contributed by atoms with Crippen LogP contribution in [0.4, 0.5) is 11.8 Å². The fourth-order valence-corrected chi connectivity index (χ4v) is 5.19. The lowest BCUT2D eigenvalue weighted by Gasteiger charge is -2.32. The molecule has 4 heterocycles. The third kappa shape index (κ3) is 3.93. The van der Waals surface area contributed by atoms with Gasteiger partial charge in [-0.1, -0.05) is 30.3 Å². The van der Waals surface area contributed by atoms with Gasteiger partial charge < -0.3 is 14.5 Å². The molecule has 0 spiro atoms. The van der Waals surface area contributed by atoms with Gasteiger partial charge in [0.05, 0.1) is 5.39 Å². The second-order valence-corrected chi connectivity index (χ2v) is 9.13. The Balaban J connectivity index is 1.47. The fourth-order valence-electron chi connectivity index (χ4n) is 4.23. The second kappa shape index (κ2) is 8.84. The van der Waals surface area contributed by atoms with Crippen LogP contribution in [0.1, 0.15) is 30.4 Å². The van der Waals surface area contributed by atoms with Crippen LogP contribution in [0.15, 0.2) is 35.7 Å². The smallest absolute Gasteiger partial charge is 0.244 e. The summed E-state index contributed by atoms with van der Waals surface area (Å²) < 4.78 is 5.34. The molecule has 166 valence electrons. The number of rotatable bonds is 6. The minimum atomic E-state index is 0.374. The van der Waals surface area contributed by atoms with Crippen molar-refractivity contribution >= 4 is 33.3 Å². The average molecular weight is 450 g/mol. The Hall–Kier alpha value is -3.04. The van der Waals surface area contributed by atoms with Gasteiger partial charge in [0.15, 0.2) is 5.82 Å². The number of aromatic nitrogens is 5. The minimum absolute atomic E-state index is 0.374. The lowest BCUT2D eigenvalue weighted by Crippen LogP contribution is -2.34. The van der Waals surface area contributed by atoms with E-state index >= 15 is 0 Å². The summed E-state index contributed by atoms with van der Waals surface area (Å²) in [6.45, 7) is 2.22. The van der Waals surface area contributed by atoms with Crippen LogP contribution >= 0.6 is 11.3 Å². The lowest BCUT2D eigenvalue weighted by atomic mass is 9.95. The summed E-state index contributed by atoms with van der Waals surface area (Å²) in [4.78, 5) is 19.7. The average Bonchev–Trinajstić information content (AvgIpc) is 3.48. The highest BCUT2D eigenvalue weighted by atomic mass is 32.1. The number of nitrogens with zero attached hydrogens (tertiary/aromatic N) is 6. The van der Waals surface area contributed by atoms with Crippen molar-refractivity contribution in [1.29, 1.82) is 0 Å². The van der Waals surface area contributed by atoms with Crippen molar-refractivity contribution in [2.75, 3.05) is 44.1 Å². The molecule has 8 nitrogen and oxygen atoms in total. The molecule has 3 aromatic heterocycles. The number of nitrogens with one attached hydrogen (secondary N) is 1. The van der Waals surface area contributed by atoms with E-state index in [-0.39, 0.29) is 0 Å². The van der Waals surface area contributed by atoms with E-state index in [1.54, 1.807) is 18.4 Å². The largest absolute Gasteiger partial charge is 0.377 e. The summed E-state index contributed by atoms with van der Waals surface area (Å²) in [6.07, 6.45) is 2.00. The molecular formula is C23H27N7OS. The topological polar surface area (TPSA) is 83.1 Å². The predicted molar refractivity (Wildman–Crippen MR) is 128 cm³/mol. The monoisotopic (exact) mass is 449 g/mol. The Kier molecular flexibility index (Phi) is 5.75. The Bertz CT molecular complexity index is 1200. The van der Waals surface area contributed by atoms with Crippen molar-refractivity contribution in [3.8, 4) is 11.1 Å². The highest BCUT2D eigenvalue weighted by molar-refractivity contribution is 7.17. The third-order valence-electron chi connectivity index (χ3n) is 5.89. The molecule has 0 amide bonds. The summed E-state index contributed by atoms with van der Waals surface area (Å²) >= 11 is 1.67. The number of piperidine rings is 1. The summed E-state index contributed by atoms with van der Waals surface area (Å²) in [5.74, 6) is 3.81. The molecular weight excluding hydrogens is 422 g/mol. The molecule has 1 aromatic carbocycles. The van der Waals surface area contributed by atoms with E-state index in [9.17, 15) is 0 Å². The highest BCUT2D eigenvalue weighted by Crippen LogP contribution is 2.40. The molecule has 0 radical (unpaired) electrons. The van der Waals surface area contributed by atoms with Crippen LogP contribution in [-0.4, -0.2) is 59.4 Å². The standard InChI is InChI=1S/C23H27N7OS/c1-29(2)23-26-20(27-28-23)16-9-11-30(12-10-16)21-19-17(15-7-5-4-6-8-15)14-32-22(19)25-18(24-21)13-31-3/h4-8,14,16H,9-13H2,1-3H3,(H,26,27,28). The van der Waals surface area contributed by atoms with Crippen LogP contribution in [0.3, 0.4) is 0 Å². The van der Waals surface area contributed by atoms with Gasteiger partial charge in [-0.05, 0) is 18.4 Å². The number of ether oxygens (including phenoxy) is 1. The number of fused-ring (bicyclic) bond motifs is 1. The van der Waals surface area contributed by atoms with E-state index < -0.39 is 0 Å². The first-order chi connectivity index (χ1) is 15.6. The van der Waals surface area contributed by atoms with E-state index in [2.05, 4.69) is 49.7 Å². The number of hydrogen-bond acceptors (Lipinski definition) is 8. The normalized spacial score (nSPS) is 14.9. The first kappa shape index (κ1) is 20.8. The first-order valence-corrected chi connectivity index (χ1v) is 11.7. The van der Waals surface area contributed by atoms with E-state index in [0.717, 1.165) is 59.6 Å². The summed E-state index contributed by atoms with van der Waals surface area (Å²) in [7, 11) is 5.60. The maximum Gasteiger partial charge on any atom is 0.244 e. The van der Waals surface area contributed by atoms with Gasteiger partial charge in [0.2, 0.25) is 5.95 Å². The van der Waals surface area contributed by atoms with Crippen molar-refractivity contribution in [2.45, 2.75) is 25.4 Å². The summed E-state index contributed by atoms with van der Waals surface area (Å²) in [6, 6.07) is 10.5. The maximum absolute atomic E-state index is 5.34. The zero-order chi connectivity index (χ0) is 22.1. The molecule has 5 rings (SSSR count). The Morgan fingerprint density at radius 3 is 2.59 bits per heavy atom. The highest BCUT2D eigenvalue weighted by Gasteiger charge is 2.27. The Morgan fingerprint density at radius 1 is 1.12 bits per heavy atom. The molecule has 4 aromatic rings. The quantitative estimate of drug-likeness (QED) is 0.475. The maximum atomic E-state index is 5.34. The number of thiophene rings is 1. The van der Waals surface area contributed by atoms with E-state index in [4.69, 9.17) is 14.7 Å². The molecule has 0 saturated carbocycles. The number of benzene rings is 1. The third-order valence-corrected chi connectivity index (χ3v) is 6.76. The van der Waals surface area contributed by atoms with E-state index in [1.807, 2.05) is 25.1 Å². The Labute approximate surface area is 191 Å². The number of methoxy groups -OCH3 is 1. The van der Waals surface area contributed by atoms with Gasteiger partial charge in [-0.15, -0.1) is 16.4 Å². The van der Waals surface area contributed by atoms with E-state index in [1.165, 1.54) is 11.1 Å². The van der Waals surface area contributed by atoms with Crippen molar-refractivity contribution in [2.24, 2.45) is 0 Å². The van der Waals surface area contributed by atoms with Crippen LogP contribution in [0.2, 0.25) is 0 Å². The number of anilines is 2. The number of H-pyrrole nitrogens is 1. The molecule has 1 aliphatic heterocycles. The summed E-state index contributed by atoms with van der Waals surface area (Å²) in [5, 5.41) is 10.8. The molecule has 1 aliphatic rings. The van der Waals surface area contributed by atoms with Gasteiger partial charge in [0.25, 0.3) is 0 Å². The SMILES string of the molecule is COCc1nc(N2CCC(c3nc(N(C)C)n[nH]3)CC2)c2c(-c3ccccc3)csc2n1. The van der Waals surface area contributed by atoms with Crippen LogP contribution in [-0.2, 0) is 11.3 Å². The number of hydrogen-bond donors (Lipinski definition) is 1.